The van der Waals surface area contributed by atoms with Gasteiger partial charge in [0.1, 0.15) is 29.0 Å². The van der Waals surface area contributed by atoms with Gasteiger partial charge in [0.2, 0.25) is 0 Å². The summed E-state index contributed by atoms with van der Waals surface area (Å²) in [6, 6.07) is 20.4. The Morgan fingerprint density at radius 2 is 1.64 bits per heavy atom. The minimum absolute atomic E-state index is 0.0994. The van der Waals surface area contributed by atoms with Crippen LogP contribution >= 0.6 is 11.6 Å². The van der Waals surface area contributed by atoms with Crippen molar-refractivity contribution in [3.05, 3.63) is 77.4 Å². The van der Waals surface area contributed by atoms with Crippen molar-refractivity contribution in [3.8, 4) is 22.8 Å². The molecule has 0 radical (unpaired) electrons. The van der Waals surface area contributed by atoms with Crippen LogP contribution in [0.5, 0.6) is 11.5 Å². The summed E-state index contributed by atoms with van der Waals surface area (Å²) in [6.07, 6.45) is 0. The van der Waals surface area contributed by atoms with E-state index in [2.05, 4.69) is 4.98 Å². The molecule has 0 bridgehead atoms. The molecule has 0 aliphatic heterocycles. The summed E-state index contributed by atoms with van der Waals surface area (Å²) < 4.78 is 5.73. The van der Waals surface area contributed by atoms with Crippen LogP contribution in [-0.2, 0) is 6.61 Å². The van der Waals surface area contributed by atoms with Crippen LogP contribution in [0.3, 0.4) is 0 Å². The molecule has 0 saturated carbocycles. The number of aromatic hydroxyl groups is 1. The van der Waals surface area contributed by atoms with E-state index in [0.717, 1.165) is 16.9 Å². The van der Waals surface area contributed by atoms with Gasteiger partial charge in [-0.2, -0.15) is 0 Å². The summed E-state index contributed by atoms with van der Waals surface area (Å²) >= 11 is 5.87. The van der Waals surface area contributed by atoms with Crippen LogP contribution in [-0.4, -0.2) is 10.1 Å². The number of ether oxygens (including phenoxy) is 1. The van der Waals surface area contributed by atoms with E-state index in [1.165, 1.54) is 6.07 Å². The second-order valence-electron chi connectivity index (χ2n) is 4.80. The molecule has 0 atom stereocenters. The molecule has 0 aliphatic carbocycles. The van der Waals surface area contributed by atoms with E-state index in [0.29, 0.717) is 17.5 Å². The third-order valence-corrected chi connectivity index (χ3v) is 3.43. The Balaban J connectivity index is 1.74. The van der Waals surface area contributed by atoms with Gasteiger partial charge in [-0.15, -0.1) is 0 Å². The molecule has 3 aromatic rings. The van der Waals surface area contributed by atoms with Crippen LogP contribution in [0, 0.1) is 0 Å². The van der Waals surface area contributed by atoms with Crippen molar-refractivity contribution >= 4 is 11.6 Å². The lowest BCUT2D eigenvalue weighted by atomic mass is 10.1. The number of nitrogens with zero attached hydrogens (tertiary/aromatic N) is 1. The average Bonchev–Trinajstić information content (AvgIpc) is 2.57. The maximum Gasteiger partial charge on any atom is 0.141 e. The summed E-state index contributed by atoms with van der Waals surface area (Å²) in [5, 5.41) is 10.2. The minimum atomic E-state index is 0.0994. The predicted octanol–water partition coefficient (Wildman–Crippen LogP) is 4.69. The molecule has 110 valence electrons. The normalized spacial score (nSPS) is 10.4. The lowest BCUT2D eigenvalue weighted by Gasteiger charge is -2.08. The Morgan fingerprint density at radius 1 is 0.909 bits per heavy atom. The van der Waals surface area contributed by atoms with Gasteiger partial charge in [-0.3, -0.25) is 0 Å². The van der Waals surface area contributed by atoms with Crippen molar-refractivity contribution in [1.82, 2.24) is 4.98 Å². The summed E-state index contributed by atoms with van der Waals surface area (Å²) in [5.41, 5.74) is 2.36. The highest BCUT2D eigenvalue weighted by atomic mass is 35.5. The highest BCUT2D eigenvalue weighted by molar-refractivity contribution is 6.29. The molecule has 1 N–H and O–H groups in total. The maximum atomic E-state index is 9.86. The number of hydrogen-bond donors (Lipinski definition) is 1. The SMILES string of the molecule is Oc1ccc(Cl)nc1-c1ccc(OCc2ccccc2)cc1. The van der Waals surface area contributed by atoms with Crippen molar-refractivity contribution in [2.75, 3.05) is 0 Å². The molecule has 0 aliphatic rings. The predicted molar refractivity (Wildman–Crippen MR) is 87.1 cm³/mol. The topological polar surface area (TPSA) is 42.4 Å². The van der Waals surface area contributed by atoms with Crippen molar-refractivity contribution in [1.29, 1.82) is 0 Å². The van der Waals surface area contributed by atoms with Crippen LogP contribution in [0.25, 0.3) is 11.3 Å². The van der Waals surface area contributed by atoms with Gasteiger partial charge in [0.15, 0.2) is 0 Å². The van der Waals surface area contributed by atoms with Crippen LogP contribution in [0.15, 0.2) is 66.7 Å². The van der Waals surface area contributed by atoms with Gasteiger partial charge in [-0.25, -0.2) is 4.98 Å². The minimum Gasteiger partial charge on any atom is -0.506 e. The third kappa shape index (κ3) is 3.38. The Hall–Kier alpha value is -2.52. The zero-order valence-corrected chi connectivity index (χ0v) is 12.5. The van der Waals surface area contributed by atoms with Gasteiger partial charge in [0.25, 0.3) is 0 Å². The molecule has 0 fully saturated rings. The Kier molecular flexibility index (Phi) is 4.26. The first-order valence-corrected chi connectivity index (χ1v) is 7.23. The van der Waals surface area contributed by atoms with Gasteiger partial charge in [-0.05, 0) is 42.0 Å². The fourth-order valence-corrected chi connectivity index (χ4v) is 2.24. The fourth-order valence-electron chi connectivity index (χ4n) is 2.09. The maximum absolute atomic E-state index is 9.86. The van der Waals surface area contributed by atoms with E-state index in [-0.39, 0.29) is 5.75 Å². The number of pyridine rings is 1. The molecule has 3 nitrogen and oxygen atoms in total. The van der Waals surface area contributed by atoms with E-state index in [4.69, 9.17) is 16.3 Å². The first-order chi connectivity index (χ1) is 10.7. The average molecular weight is 312 g/mol. The number of rotatable bonds is 4. The van der Waals surface area contributed by atoms with Gasteiger partial charge in [-0.1, -0.05) is 41.9 Å². The van der Waals surface area contributed by atoms with Crippen LogP contribution in [0.1, 0.15) is 5.56 Å². The van der Waals surface area contributed by atoms with Gasteiger partial charge in [0.05, 0.1) is 0 Å². The van der Waals surface area contributed by atoms with E-state index in [1.54, 1.807) is 6.07 Å². The third-order valence-electron chi connectivity index (χ3n) is 3.22. The van der Waals surface area contributed by atoms with E-state index in [1.807, 2.05) is 54.6 Å². The highest BCUT2D eigenvalue weighted by Gasteiger charge is 2.07. The smallest absolute Gasteiger partial charge is 0.141 e. The second-order valence-corrected chi connectivity index (χ2v) is 5.19. The van der Waals surface area contributed by atoms with Gasteiger partial charge >= 0.3 is 0 Å². The van der Waals surface area contributed by atoms with Gasteiger partial charge in [0, 0.05) is 5.56 Å². The van der Waals surface area contributed by atoms with Crippen molar-refractivity contribution in [3.63, 3.8) is 0 Å². The van der Waals surface area contributed by atoms with Gasteiger partial charge < -0.3 is 9.84 Å². The zero-order valence-electron chi connectivity index (χ0n) is 11.7. The monoisotopic (exact) mass is 311 g/mol. The van der Waals surface area contributed by atoms with Crippen LogP contribution < -0.4 is 4.74 Å². The van der Waals surface area contributed by atoms with E-state index < -0.39 is 0 Å². The lowest BCUT2D eigenvalue weighted by Crippen LogP contribution is -1.94. The standard InChI is InChI=1S/C18H14ClNO2/c19-17-11-10-16(21)18(20-17)14-6-8-15(9-7-14)22-12-13-4-2-1-3-5-13/h1-11,21H,12H2. The summed E-state index contributed by atoms with van der Waals surface area (Å²) in [5.74, 6) is 0.858. The molecular formula is C18H14ClNO2. The molecular weight excluding hydrogens is 298 g/mol. The first-order valence-electron chi connectivity index (χ1n) is 6.85. The number of halogens is 1. The highest BCUT2D eigenvalue weighted by Crippen LogP contribution is 2.29. The largest absolute Gasteiger partial charge is 0.506 e. The molecule has 0 spiro atoms. The first kappa shape index (κ1) is 14.4. The summed E-state index contributed by atoms with van der Waals surface area (Å²) in [4.78, 5) is 4.14. The second kappa shape index (κ2) is 6.50. The zero-order chi connectivity index (χ0) is 15.4. The lowest BCUT2D eigenvalue weighted by molar-refractivity contribution is 0.306. The fraction of sp³-hybridized carbons (Fsp3) is 0.0556. The Labute approximate surface area is 133 Å². The molecule has 3 rings (SSSR count). The molecule has 22 heavy (non-hydrogen) atoms. The molecule has 2 aromatic carbocycles. The molecule has 0 amide bonds. The van der Waals surface area contributed by atoms with Crippen LogP contribution in [0.2, 0.25) is 5.15 Å². The molecule has 1 heterocycles. The van der Waals surface area contributed by atoms with E-state index >= 15 is 0 Å². The number of aromatic nitrogens is 1. The summed E-state index contributed by atoms with van der Waals surface area (Å²) in [6.45, 7) is 0.515. The van der Waals surface area contributed by atoms with E-state index in [9.17, 15) is 5.11 Å². The Morgan fingerprint density at radius 3 is 2.36 bits per heavy atom. The molecule has 1 aromatic heterocycles. The molecule has 0 unspecified atom stereocenters. The Bertz CT molecular complexity index is 758. The quantitative estimate of drug-likeness (QED) is 0.711. The number of benzene rings is 2. The van der Waals surface area contributed by atoms with Crippen molar-refractivity contribution < 1.29 is 9.84 Å². The summed E-state index contributed by atoms with van der Waals surface area (Å²) in [7, 11) is 0. The number of hydrogen-bond acceptors (Lipinski definition) is 3. The van der Waals surface area contributed by atoms with Crippen molar-refractivity contribution in [2.45, 2.75) is 6.61 Å². The molecule has 4 heteroatoms. The van der Waals surface area contributed by atoms with Crippen LogP contribution in [0.4, 0.5) is 0 Å². The molecule has 0 saturated heterocycles. The van der Waals surface area contributed by atoms with Crippen molar-refractivity contribution in [2.24, 2.45) is 0 Å².